The van der Waals surface area contributed by atoms with E-state index in [1.54, 1.807) is 0 Å². The van der Waals surface area contributed by atoms with Crippen molar-refractivity contribution >= 4 is 32.4 Å². The Morgan fingerprint density at radius 2 is 0.682 bits per heavy atom. The molecule has 0 N–H and O–H groups in total. The van der Waals surface area contributed by atoms with Gasteiger partial charge in [-0.15, -0.1) is 0 Å². The van der Waals surface area contributed by atoms with Crippen LogP contribution in [0.4, 0.5) is 0 Å². The van der Waals surface area contributed by atoms with Crippen molar-refractivity contribution in [2.75, 3.05) is 0 Å². The van der Waals surface area contributed by atoms with E-state index in [0.29, 0.717) is 5.82 Å². The predicted octanol–water partition coefficient (Wildman–Crippen LogP) is 21.6. The van der Waals surface area contributed by atoms with Gasteiger partial charge in [0.1, 0.15) is 5.82 Å². The summed E-state index contributed by atoms with van der Waals surface area (Å²) in [6.45, 7) is 0. The van der Waals surface area contributed by atoms with Crippen LogP contribution in [0, 0.1) is 0 Å². The normalized spacial score (nSPS) is 11.4. The molecule has 3 heterocycles. The molecule has 0 saturated carbocycles. The monoisotopic (exact) mass is 1120 g/mol. The number of nitrogens with zero attached hydrogens (tertiary/aromatic N) is 5. The van der Waals surface area contributed by atoms with E-state index in [1.807, 2.05) is 0 Å². The topological polar surface area (TPSA) is 48.5 Å². The average Bonchev–Trinajstić information content (AvgIpc) is 1.78. The Labute approximate surface area is 511 Å². The Balaban J connectivity index is 0.935. The van der Waals surface area contributed by atoms with Crippen LogP contribution < -0.4 is 0 Å². The lowest BCUT2D eigenvalue weighted by Gasteiger charge is -2.18. The SMILES string of the molecule is c1ccc(-c2cc(-c3ccccc3)n(-c3ccc(-c4nc(-c5ccc(-n6c(-c7ccccc7)nc(-c7ccccc7)c6-c6ccccc6)cc5)c5cc(-c6cccc7ccccc67)cc(-c6cccc7ccccc67)c5n4)cc3)c2-c2ccccc2)cc1. The molecule has 13 aromatic carbocycles. The Hall–Kier alpha value is -11.8. The second kappa shape index (κ2) is 22.3. The lowest BCUT2D eigenvalue weighted by molar-refractivity contribution is 1.07. The highest BCUT2D eigenvalue weighted by molar-refractivity contribution is 6.11. The van der Waals surface area contributed by atoms with Crippen LogP contribution in [0.15, 0.2) is 334 Å². The lowest BCUT2D eigenvalue weighted by atomic mass is 9.90. The van der Waals surface area contributed by atoms with Crippen molar-refractivity contribution in [3.8, 4) is 124 Å². The maximum atomic E-state index is 5.75. The van der Waals surface area contributed by atoms with Gasteiger partial charge in [0.25, 0.3) is 0 Å². The lowest BCUT2D eigenvalue weighted by Crippen LogP contribution is -2.02. The summed E-state index contributed by atoms with van der Waals surface area (Å²) in [5.74, 6) is 1.48. The highest BCUT2D eigenvalue weighted by Crippen LogP contribution is 2.46. The van der Waals surface area contributed by atoms with Gasteiger partial charge >= 0.3 is 0 Å². The fourth-order valence-corrected chi connectivity index (χ4v) is 12.8. The summed E-state index contributed by atoms with van der Waals surface area (Å²) >= 11 is 0. The number of rotatable bonds is 12. The minimum Gasteiger partial charge on any atom is -0.309 e. The predicted molar refractivity (Wildman–Crippen MR) is 365 cm³/mol. The van der Waals surface area contributed by atoms with Crippen LogP contribution in [-0.2, 0) is 0 Å². The van der Waals surface area contributed by atoms with Gasteiger partial charge in [-0.1, -0.05) is 279 Å². The van der Waals surface area contributed by atoms with Crippen LogP contribution in [0.5, 0.6) is 0 Å². The summed E-state index contributed by atoms with van der Waals surface area (Å²) in [5, 5.41) is 5.63. The van der Waals surface area contributed by atoms with Crippen molar-refractivity contribution in [2.45, 2.75) is 0 Å². The maximum absolute atomic E-state index is 5.75. The molecule has 16 rings (SSSR count). The van der Waals surface area contributed by atoms with Crippen molar-refractivity contribution in [1.29, 1.82) is 0 Å². The molecule has 0 aliphatic heterocycles. The molecule has 0 aliphatic carbocycles. The van der Waals surface area contributed by atoms with Crippen molar-refractivity contribution in [2.24, 2.45) is 0 Å². The molecule has 0 bridgehead atoms. The molecule has 0 radical (unpaired) electrons. The first-order valence-corrected chi connectivity index (χ1v) is 29.9. The fourth-order valence-electron chi connectivity index (χ4n) is 12.8. The van der Waals surface area contributed by atoms with E-state index in [2.05, 4.69) is 343 Å². The van der Waals surface area contributed by atoms with Gasteiger partial charge in [-0.25, -0.2) is 15.0 Å². The second-order valence-corrected chi connectivity index (χ2v) is 22.3. The quantitative estimate of drug-likeness (QED) is 0.122. The van der Waals surface area contributed by atoms with E-state index in [-0.39, 0.29) is 0 Å². The third-order valence-electron chi connectivity index (χ3n) is 17.0. The van der Waals surface area contributed by atoms with E-state index in [1.165, 1.54) is 10.8 Å². The third-order valence-corrected chi connectivity index (χ3v) is 17.0. The van der Waals surface area contributed by atoms with Gasteiger partial charge in [0, 0.05) is 55.7 Å². The summed E-state index contributed by atoms with van der Waals surface area (Å²) < 4.78 is 4.73. The zero-order chi connectivity index (χ0) is 58.3. The number of imidazole rings is 1. The number of hydrogen-bond donors (Lipinski definition) is 0. The molecule has 5 nitrogen and oxygen atoms in total. The van der Waals surface area contributed by atoms with Crippen molar-refractivity contribution < 1.29 is 0 Å². The van der Waals surface area contributed by atoms with Gasteiger partial charge in [-0.3, -0.25) is 4.57 Å². The molecule has 0 saturated heterocycles. The van der Waals surface area contributed by atoms with Gasteiger partial charge in [-0.05, 0) is 110 Å². The standard InChI is InChI=1S/C83H55N5/c1-7-25-58(26-8-1)73-55-76(59-29-9-2-10-30-59)87(80(73)62-33-13-4-14-34-62)67-51-47-64(48-52-67)82-84-77(75-54-66(71-43-23-39-56-27-19-21-41-69(56)71)53-74(79(75)85-82)72-44-24-40-57-28-20-22-42-70(57)72)61-45-49-68(50-46-61)88-81(63-35-15-5-16-36-63)78(60-31-11-3-12-32-60)86-83(88)65-37-17-6-18-38-65/h1-55H. The van der Waals surface area contributed by atoms with Gasteiger partial charge in [-0.2, -0.15) is 0 Å². The molecule has 5 heteroatoms. The molecule has 3 aromatic heterocycles. The van der Waals surface area contributed by atoms with E-state index in [9.17, 15) is 0 Å². The Kier molecular flexibility index (Phi) is 13.1. The maximum Gasteiger partial charge on any atom is 0.160 e. The summed E-state index contributed by atoms with van der Waals surface area (Å²) in [5.41, 5.74) is 21.7. The summed E-state index contributed by atoms with van der Waals surface area (Å²) in [7, 11) is 0. The smallest absolute Gasteiger partial charge is 0.160 e. The Morgan fingerprint density at radius 1 is 0.227 bits per heavy atom. The van der Waals surface area contributed by atoms with Gasteiger partial charge in [0.15, 0.2) is 5.82 Å². The van der Waals surface area contributed by atoms with E-state index in [0.717, 1.165) is 140 Å². The summed E-state index contributed by atoms with van der Waals surface area (Å²) in [4.78, 5) is 17.0. The highest BCUT2D eigenvalue weighted by Gasteiger charge is 2.26. The van der Waals surface area contributed by atoms with Crippen LogP contribution in [0.2, 0.25) is 0 Å². The van der Waals surface area contributed by atoms with Gasteiger partial charge < -0.3 is 4.57 Å². The van der Waals surface area contributed by atoms with Gasteiger partial charge in [0.05, 0.1) is 34.0 Å². The number of benzene rings is 13. The Bertz CT molecular complexity index is 5180. The molecule has 16 aromatic rings. The molecule has 0 fully saturated rings. The number of hydrogen-bond acceptors (Lipinski definition) is 3. The van der Waals surface area contributed by atoms with E-state index < -0.39 is 0 Å². The summed E-state index contributed by atoms with van der Waals surface area (Å²) in [6, 6.07) is 119. The van der Waals surface area contributed by atoms with Crippen LogP contribution in [0.3, 0.4) is 0 Å². The number of fused-ring (bicyclic) bond motifs is 3. The molecular formula is C83H55N5. The van der Waals surface area contributed by atoms with Crippen LogP contribution in [-0.4, -0.2) is 24.1 Å². The molecular weight excluding hydrogens is 1070 g/mol. The fraction of sp³-hybridized carbons (Fsp3) is 0. The van der Waals surface area contributed by atoms with Crippen molar-refractivity contribution in [3.63, 3.8) is 0 Å². The first kappa shape index (κ1) is 51.8. The molecule has 412 valence electrons. The Morgan fingerprint density at radius 3 is 1.28 bits per heavy atom. The molecule has 0 spiro atoms. The first-order chi connectivity index (χ1) is 43.7. The first-order valence-electron chi connectivity index (χ1n) is 29.9. The van der Waals surface area contributed by atoms with Crippen LogP contribution in [0.25, 0.3) is 156 Å². The largest absolute Gasteiger partial charge is 0.309 e. The zero-order valence-electron chi connectivity index (χ0n) is 48.0. The zero-order valence-corrected chi connectivity index (χ0v) is 48.0. The van der Waals surface area contributed by atoms with Gasteiger partial charge in [0.2, 0.25) is 0 Å². The van der Waals surface area contributed by atoms with Crippen molar-refractivity contribution in [3.05, 3.63) is 334 Å². The minimum absolute atomic E-state index is 0.626. The average molecular weight is 1120 g/mol. The van der Waals surface area contributed by atoms with E-state index >= 15 is 0 Å². The minimum atomic E-state index is 0.626. The second-order valence-electron chi connectivity index (χ2n) is 22.3. The number of aromatic nitrogens is 5. The molecule has 0 aliphatic rings. The summed E-state index contributed by atoms with van der Waals surface area (Å²) in [6.07, 6.45) is 0. The van der Waals surface area contributed by atoms with Crippen LogP contribution >= 0.6 is 0 Å². The van der Waals surface area contributed by atoms with E-state index in [4.69, 9.17) is 15.0 Å². The third kappa shape index (κ3) is 9.35. The molecule has 0 atom stereocenters. The molecule has 0 amide bonds. The highest BCUT2D eigenvalue weighted by atomic mass is 15.1. The van der Waals surface area contributed by atoms with Crippen LogP contribution in [0.1, 0.15) is 0 Å². The molecule has 0 unspecified atom stereocenters. The van der Waals surface area contributed by atoms with Crippen molar-refractivity contribution in [1.82, 2.24) is 24.1 Å². The molecule has 88 heavy (non-hydrogen) atoms.